The normalized spacial score (nSPS) is 20.1. The van der Waals surface area contributed by atoms with Crippen LogP contribution < -0.4 is 4.74 Å². The van der Waals surface area contributed by atoms with E-state index in [-0.39, 0.29) is 17.6 Å². The van der Waals surface area contributed by atoms with Crippen LogP contribution in [-0.2, 0) is 0 Å². The zero-order valence-corrected chi connectivity index (χ0v) is 7.74. The second-order valence-corrected chi connectivity index (χ2v) is 3.45. The molecule has 2 rings (SSSR count). The van der Waals surface area contributed by atoms with Crippen molar-refractivity contribution in [2.24, 2.45) is 0 Å². The number of hydrogen-bond acceptors (Lipinski definition) is 4. The molecular weight excluding hydrogens is 182 g/mol. The zero-order valence-electron chi connectivity index (χ0n) is 7.74. The van der Waals surface area contributed by atoms with Gasteiger partial charge in [-0.15, -0.1) is 0 Å². The number of phenolic OH excluding ortho intramolecular Hbond substituents is 2. The van der Waals surface area contributed by atoms with Crippen LogP contribution in [0.3, 0.4) is 0 Å². The number of phenols is 2. The molecule has 0 amide bonds. The summed E-state index contributed by atoms with van der Waals surface area (Å²) in [5, 5.41) is 26.4. The minimum absolute atomic E-state index is 0.0526. The van der Waals surface area contributed by atoms with Crippen molar-refractivity contribution in [3.8, 4) is 17.2 Å². The fraction of sp³-hybridized carbons (Fsp3) is 0.300. The van der Waals surface area contributed by atoms with Crippen molar-refractivity contribution in [2.75, 3.05) is 0 Å². The number of nitrogens with one attached hydrogen (secondary N) is 1. The van der Waals surface area contributed by atoms with Crippen molar-refractivity contribution in [3.63, 3.8) is 0 Å². The summed E-state index contributed by atoms with van der Waals surface area (Å²) < 4.78 is 5.40. The monoisotopic (exact) mass is 193 g/mol. The van der Waals surface area contributed by atoms with Gasteiger partial charge in [-0.3, -0.25) is 0 Å². The Bertz CT molecular complexity index is 401. The lowest BCUT2D eigenvalue weighted by molar-refractivity contribution is 0.219. The third-order valence-electron chi connectivity index (χ3n) is 2.19. The molecule has 74 valence electrons. The van der Waals surface area contributed by atoms with Gasteiger partial charge in [-0.2, -0.15) is 0 Å². The quantitative estimate of drug-likeness (QED) is 0.586. The lowest BCUT2D eigenvalue weighted by Crippen LogP contribution is -2.23. The summed E-state index contributed by atoms with van der Waals surface area (Å²) in [6, 6.07) is 2.63. The molecule has 0 aromatic heterocycles. The third-order valence-corrected chi connectivity index (χ3v) is 2.19. The van der Waals surface area contributed by atoms with Crippen molar-refractivity contribution in [3.05, 3.63) is 17.7 Å². The maximum absolute atomic E-state index is 9.51. The van der Waals surface area contributed by atoms with Gasteiger partial charge in [-0.25, -0.2) is 0 Å². The van der Waals surface area contributed by atoms with E-state index < -0.39 is 0 Å². The number of aromatic hydroxyl groups is 2. The lowest BCUT2D eigenvalue weighted by atomic mass is 9.99. The van der Waals surface area contributed by atoms with Crippen LogP contribution in [0.25, 0.3) is 0 Å². The molecule has 0 saturated heterocycles. The highest BCUT2D eigenvalue weighted by atomic mass is 16.5. The fourth-order valence-electron chi connectivity index (χ4n) is 1.63. The molecule has 14 heavy (non-hydrogen) atoms. The number of hydrogen-bond donors (Lipinski definition) is 3. The van der Waals surface area contributed by atoms with Gasteiger partial charge in [0.2, 0.25) is 0 Å². The average Bonchev–Trinajstić information content (AvgIpc) is 1.99. The summed E-state index contributed by atoms with van der Waals surface area (Å²) in [6.07, 6.45) is 0.391. The smallest absolute Gasteiger partial charge is 0.136 e. The Morgan fingerprint density at radius 2 is 2.14 bits per heavy atom. The van der Waals surface area contributed by atoms with E-state index in [0.29, 0.717) is 23.4 Å². The van der Waals surface area contributed by atoms with Gasteiger partial charge in [-0.05, 0) is 6.92 Å². The first-order valence-electron chi connectivity index (χ1n) is 4.38. The van der Waals surface area contributed by atoms with E-state index in [4.69, 9.17) is 10.1 Å². The topological polar surface area (TPSA) is 73.5 Å². The molecular formula is C10H11NO3. The first-order chi connectivity index (χ1) is 6.58. The molecule has 1 aliphatic heterocycles. The minimum Gasteiger partial charge on any atom is -0.508 e. The summed E-state index contributed by atoms with van der Waals surface area (Å²) >= 11 is 0. The van der Waals surface area contributed by atoms with Crippen molar-refractivity contribution in [1.82, 2.24) is 0 Å². The second kappa shape index (κ2) is 2.90. The van der Waals surface area contributed by atoms with Crippen LogP contribution in [0.15, 0.2) is 12.1 Å². The lowest BCUT2D eigenvalue weighted by Gasteiger charge is -2.24. The van der Waals surface area contributed by atoms with Gasteiger partial charge in [-0.1, -0.05) is 0 Å². The Morgan fingerprint density at radius 3 is 2.86 bits per heavy atom. The molecule has 1 heterocycles. The standard InChI is InChI=1S/C10H11NO3/c1-5-2-7(11)10-8(13)3-6(12)4-9(10)14-5/h3-5,11-13H,2H2,1H3. The Kier molecular flexibility index (Phi) is 1.84. The Labute approximate surface area is 81.3 Å². The van der Waals surface area contributed by atoms with Gasteiger partial charge in [0.15, 0.2) is 0 Å². The molecule has 1 aromatic rings. The van der Waals surface area contributed by atoms with Crippen molar-refractivity contribution < 1.29 is 14.9 Å². The van der Waals surface area contributed by atoms with E-state index in [1.54, 1.807) is 0 Å². The van der Waals surface area contributed by atoms with E-state index in [1.807, 2.05) is 6.92 Å². The second-order valence-electron chi connectivity index (χ2n) is 3.45. The number of benzene rings is 1. The van der Waals surface area contributed by atoms with Crippen LogP contribution in [-0.4, -0.2) is 22.0 Å². The average molecular weight is 193 g/mol. The van der Waals surface area contributed by atoms with Crippen LogP contribution >= 0.6 is 0 Å². The van der Waals surface area contributed by atoms with Crippen molar-refractivity contribution in [2.45, 2.75) is 19.4 Å². The molecule has 0 fully saturated rings. The predicted molar refractivity (Wildman–Crippen MR) is 51.3 cm³/mol. The maximum atomic E-state index is 9.51. The van der Waals surface area contributed by atoms with E-state index in [0.717, 1.165) is 0 Å². The first-order valence-corrected chi connectivity index (χ1v) is 4.38. The predicted octanol–water partition coefficient (Wildman–Crippen LogP) is 1.64. The first kappa shape index (κ1) is 8.87. The Balaban J connectivity index is 2.59. The van der Waals surface area contributed by atoms with E-state index in [2.05, 4.69) is 0 Å². The minimum atomic E-state index is -0.100. The summed E-state index contributed by atoms with van der Waals surface area (Å²) in [7, 11) is 0. The van der Waals surface area contributed by atoms with Gasteiger partial charge in [0.25, 0.3) is 0 Å². The molecule has 1 unspecified atom stereocenters. The summed E-state index contributed by atoms with van der Waals surface area (Å²) in [5.74, 6) is 0.228. The molecule has 0 bridgehead atoms. The van der Waals surface area contributed by atoms with E-state index in [1.165, 1.54) is 12.1 Å². The third kappa shape index (κ3) is 1.28. The SMILES string of the molecule is CC1CC(=N)c2c(O)cc(O)cc2O1. The molecule has 1 aromatic carbocycles. The van der Waals surface area contributed by atoms with Gasteiger partial charge >= 0.3 is 0 Å². The maximum Gasteiger partial charge on any atom is 0.136 e. The van der Waals surface area contributed by atoms with Gasteiger partial charge in [0.05, 0.1) is 5.56 Å². The highest BCUT2D eigenvalue weighted by Gasteiger charge is 2.24. The van der Waals surface area contributed by atoms with Crippen molar-refractivity contribution >= 4 is 5.71 Å². The van der Waals surface area contributed by atoms with E-state index in [9.17, 15) is 10.2 Å². The molecule has 4 nitrogen and oxygen atoms in total. The molecule has 0 saturated carbocycles. The van der Waals surface area contributed by atoms with Crippen LogP contribution in [0.5, 0.6) is 17.2 Å². The van der Waals surface area contributed by atoms with Crippen LogP contribution in [0.2, 0.25) is 0 Å². The molecule has 4 heteroatoms. The Hall–Kier alpha value is -1.71. The molecule has 0 aliphatic carbocycles. The summed E-state index contributed by atoms with van der Waals surface area (Å²) in [5.41, 5.74) is 0.733. The van der Waals surface area contributed by atoms with Crippen LogP contribution in [0, 0.1) is 5.41 Å². The number of fused-ring (bicyclic) bond motifs is 1. The van der Waals surface area contributed by atoms with Crippen molar-refractivity contribution in [1.29, 1.82) is 5.41 Å². The van der Waals surface area contributed by atoms with Gasteiger partial charge in [0, 0.05) is 24.3 Å². The molecule has 3 N–H and O–H groups in total. The highest BCUT2D eigenvalue weighted by Crippen LogP contribution is 2.37. The fourth-order valence-corrected chi connectivity index (χ4v) is 1.63. The summed E-state index contributed by atoms with van der Waals surface area (Å²) in [6.45, 7) is 1.85. The molecule has 0 radical (unpaired) electrons. The van der Waals surface area contributed by atoms with Gasteiger partial charge < -0.3 is 20.4 Å². The van der Waals surface area contributed by atoms with Crippen LogP contribution in [0.4, 0.5) is 0 Å². The zero-order chi connectivity index (χ0) is 10.3. The van der Waals surface area contributed by atoms with E-state index >= 15 is 0 Å². The largest absolute Gasteiger partial charge is 0.508 e. The number of rotatable bonds is 0. The highest BCUT2D eigenvalue weighted by molar-refractivity contribution is 6.04. The van der Waals surface area contributed by atoms with Gasteiger partial charge in [0.1, 0.15) is 23.4 Å². The number of ether oxygens (including phenoxy) is 1. The summed E-state index contributed by atoms with van der Waals surface area (Å²) in [4.78, 5) is 0. The molecule has 0 spiro atoms. The molecule has 1 atom stereocenters. The molecule has 1 aliphatic rings. The Morgan fingerprint density at radius 1 is 1.43 bits per heavy atom. The van der Waals surface area contributed by atoms with Crippen LogP contribution in [0.1, 0.15) is 18.9 Å².